The standard InChI is InChI=1S/C19H18N4OS/c1-12-8-13(2)21-17(9-12)22-18(24)15-5-7-23-16(15)11-25-19(23)14-4-3-6-20-10-14/h3-10,19H,11H2,1-2H3,(H,21,22,24). The second-order valence-electron chi connectivity index (χ2n) is 6.16. The van der Waals surface area contributed by atoms with Crippen LogP contribution in [0.5, 0.6) is 0 Å². The molecule has 126 valence electrons. The average Bonchev–Trinajstić information content (AvgIpc) is 3.16. The van der Waals surface area contributed by atoms with Crippen molar-refractivity contribution in [2.45, 2.75) is 25.0 Å². The monoisotopic (exact) mass is 350 g/mol. The molecule has 0 spiro atoms. The lowest BCUT2D eigenvalue weighted by atomic mass is 10.2. The van der Waals surface area contributed by atoms with E-state index in [1.807, 2.05) is 50.5 Å². The van der Waals surface area contributed by atoms with Crippen LogP contribution in [-0.4, -0.2) is 20.4 Å². The Morgan fingerprint density at radius 2 is 2.20 bits per heavy atom. The maximum atomic E-state index is 12.7. The molecule has 0 saturated carbocycles. The first-order valence-corrected chi connectivity index (χ1v) is 9.14. The predicted molar refractivity (Wildman–Crippen MR) is 99.8 cm³/mol. The van der Waals surface area contributed by atoms with Crippen LogP contribution in [0.1, 0.15) is 38.2 Å². The number of rotatable bonds is 3. The Kier molecular flexibility index (Phi) is 4.05. The lowest BCUT2D eigenvalue weighted by Crippen LogP contribution is -2.14. The van der Waals surface area contributed by atoms with Gasteiger partial charge in [-0.2, -0.15) is 0 Å². The van der Waals surface area contributed by atoms with E-state index < -0.39 is 0 Å². The highest BCUT2D eigenvalue weighted by Crippen LogP contribution is 2.41. The Labute approximate surface area is 150 Å². The number of fused-ring (bicyclic) bond motifs is 1. The lowest BCUT2D eigenvalue weighted by molar-refractivity contribution is 0.102. The van der Waals surface area contributed by atoms with Crippen LogP contribution >= 0.6 is 11.8 Å². The summed E-state index contributed by atoms with van der Waals surface area (Å²) in [6, 6.07) is 9.77. The molecule has 1 N–H and O–H groups in total. The number of aryl methyl sites for hydroxylation is 2. The average molecular weight is 350 g/mol. The molecule has 0 aliphatic carbocycles. The zero-order chi connectivity index (χ0) is 17.4. The van der Waals surface area contributed by atoms with Gasteiger partial charge in [-0.05, 0) is 43.7 Å². The van der Waals surface area contributed by atoms with Crippen molar-refractivity contribution in [3.8, 4) is 0 Å². The van der Waals surface area contributed by atoms with Crippen molar-refractivity contribution < 1.29 is 4.79 Å². The van der Waals surface area contributed by atoms with Gasteiger partial charge in [-0.1, -0.05) is 6.07 Å². The summed E-state index contributed by atoms with van der Waals surface area (Å²) in [6.07, 6.45) is 5.64. The quantitative estimate of drug-likeness (QED) is 0.777. The van der Waals surface area contributed by atoms with Crippen LogP contribution in [0.15, 0.2) is 48.9 Å². The molecular formula is C19H18N4OS. The summed E-state index contributed by atoms with van der Waals surface area (Å²) in [5.74, 6) is 1.28. The summed E-state index contributed by atoms with van der Waals surface area (Å²) in [5.41, 5.74) is 4.87. The van der Waals surface area contributed by atoms with Gasteiger partial charge in [-0.3, -0.25) is 9.78 Å². The number of amides is 1. The van der Waals surface area contributed by atoms with E-state index in [1.54, 1.807) is 18.0 Å². The van der Waals surface area contributed by atoms with Crippen molar-refractivity contribution in [3.05, 3.63) is 77.0 Å². The van der Waals surface area contributed by atoms with Gasteiger partial charge in [0.25, 0.3) is 5.91 Å². The molecule has 0 saturated heterocycles. The molecule has 0 fully saturated rings. The van der Waals surface area contributed by atoms with E-state index in [1.165, 1.54) is 0 Å². The van der Waals surface area contributed by atoms with Crippen molar-refractivity contribution in [3.63, 3.8) is 0 Å². The maximum Gasteiger partial charge on any atom is 0.258 e. The number of anilines is 1. The SMILES string of the molecule is Cc1cc(C)nc(NC(=O)c2ccn3c2CSC3c2cccnc2)c1. The number of thioether (sulfide) groups is 1. The topological polar surface area (TPSA) is 59.8 Å². The third kappa shape index (κ3) is 3.05. The van der Waals surface area contributed by atoms with Crippen molar-refractivity contribution in [2.75, 3.05) is 5.32 Å². The second kappa shape index (κ2) is 6.37. The van der Waals surface area contributed by atoms with E-state index in [-0.39, 0.29) is 11.3 Å². The Balaban J connectivity index is 1.60. The molecule has 0 radical (unpaired) electrons. The molecule has 1 amide bonds. The zero-order valence-corrected chi connectivity index (χ0v) is 14.9. The second-order valence-corrected chi connectivity index (χ2v) is 7.23. The van der Waals surface area contributed by atoms with E-state index in [4.69, 9.17) is 0 Å². The van der Waals surface area contributed by atoms with Crippen LogP contribution in [0.4, 0.5) is 5.82 Å². The van der Waals surface area contributed by atoms with Gasteiger partial charge in [-0.25, -0.2) is 4.98 Å². The van der Waals surface area contributed by atoms with Gasteiger partial charge >= 0.3 is 0 Å². The summed E-state index contributed by atoms with van der Waals surface area (Å²) < 4.78 is 2.16. The summed E-state index contributed by atoms with van der Waals surface area (Å²) >= 11 is 1.80. The number of hydrogen-bond donors (Lipinski definition) is 1. The van der Waals surface area contributed by atoms with E-state index in [0.717, 1.165) is 28.3 Å². The van der Waals surface area contributed by atoms with Crippen LogP contribution in [0.25, 0.3) is 0 Å². The molecular weight excluding hydrogens is 332 g/mol. The van der Waals surface area contributed by atoms with Gasteiger partial charge in [0.1, 0.15) is 11.2 Å². The van der Waals surface area contributed by atoms with Crippen molar-refractivity contribution in [1.29, 1.82) is 0 Å². The first-order chi connectivity index (χ1) is 12.1. The van der Waals surface area contributed by atoms with E-state index in [0.29, 0.717) is 11.4 Å². The minimum absolute atomic E-state index is 0.112. The first-order valence-electron chi connectivity index (χ1n) is 8.10. The number of pyridine rings is 2. The summed E-state index contributed by atoms with van der Waals surface area (Å²) in [7, 11) is 0. The Morgan fingerprint density at radius 3 is 2.96 bits per heavy atom. The van der Waals surface area contributed by atoms with E-state index in [9.17, 15) is 4.79 Å². The Hall–Kier alpha value is -2.60. The molecule has 0 bridgehead atoms. The fourth-order valence-corrected chi connectivity index (χ4v) is 4.48. The molecule has 4 heterocycles. The first kappa shape index (κ1) is 15.9. The number of nitrogens with one attached hydrogen (secondary N) is 1. The minimum Gasteiger partial charge on any atom is -0.333 e. The molecule has 3 aromatic heterocycles. The van der Waals surface area contributed by atoms with Gasteiger partial charge in [0.15, 0.2) is 0 Å². The van der Waals surface area contributed by atoms with Crippen LogP contribution in [-0.2, 0) is 5.75 Å². The van der Waals surface area contributed by atoms with Gasteiger partial charge < -0.3 is 9.88 Å². The summed E-state index contributed by atoms with van der Waals surface area (Å²) in [6.45, 7) is 3.92. The number of carbonyl (C=O) groups excluding carboxylic acids is 1. The molecule has 1 aliphatic rings. The predicted octanol–water partition coefficient (Wildman–Crippen LogP) is 3.94. The fourth-order valence-electron chi connectivity index (χ4n) is 3.16. The van der Waals surface area contributed by atoms with Crippen LogP contribution in [0, 0.1) is 13.8 Å². The van der Waals surface area contributed by atoms with Crippen molar-refractivity contribution in [1.82, 2.24) is 14.5 Å². The largest absolute Gasteiger partial charge is 0.333 e. The number of hydrogen-bond acceptors (Lipinski definition) is 4. The number of aromatic nitrogens is 3. The van der Waals surface area contributed by atoms with Gasteiger partial charge in [0.2, 0.25) is 0 Å². The molecule has 6 heteroatoms. The molecule has 25 heavy (non-hydrogen) atoms. The van der Waals surface area contributed by atoms with Gasteiger partial charge in [-0.15, -0.1) is 11.8 Å². The van der Waals surface area contributed by atoms with Crippen molar-refractivity contribution in [2.24, 2.45) is 0 Å². The zero-order valence-electron chi connectivity index (χ0n) is 14.1. The highest BCUT2D eigenvalue weighted by molar-refractivity contribution is 7.99. The number of nitrogens with zero attached hydrogens (tertiary/aromatic N) is 3. The summed E-state index contributed by atoms with van der Waals surface area (Å²) in [4.78, 5) is 21.3. The minimum atomic E-state index is -0.112. The fraction of sp³-hybridized carbons (Fsp3) is 0.211. The van der Waals surface area contributed by atoms with Crippen LogP contribution < -0.4 is 5.32 Å². The molecule has 1 atom stereocenters. The molecule has 1 unspecified atom stereocenters. The van der Waals surface area contributed by atoms with E-state index in [2.05, 4.69) is 25.9 Å². The molecule has 4 rings (SSSR count). The van der Waals surface area contributed by atoms with Crippen molar-refractivity contribution >= 4 is 23.5 Å². The Morgan fingerprint density at radius 1 is 1.32 bits per heavy atom. The molecule has 3 aromatic rings. The normalized spacial score (nSPS) is 15.8. The van der Waals surface area contributed by atoms with Gasteiger partial charge in [0.05, 0.1) is 5.56 Å². The third-order valence-corrected chi connectivity index (χ3v) is 5.46. The highest BCUT2D eigenvalue weighted by atomic mass is 32.2. The van der Waals surface area contributed by atoms with Crippen LogP contribution in [0.3, 0.4) is 0 Å². The lowest BCUT2D eigenvalue weighted by Gasteiger charge is -2.12. The smallest absolute Gasteiger partial charge is 0.258 e. The highest BCUT2D eigenvalue weighted by Gasteiger charge is 2.28. The molecule has 0 aromatic carbocycles. The van der Waals surface area contributed by atoms with E-state index >= 15 is 0 Å². The Bertz CT molecular complexity index is 916. The van der Waals surface area contributed by atoms with Crippen LogP contribution in [0.2, 0.25) is 0 Å². The third-order valence-electron chi connectivity index (χ3n) is 4.21. The van der Waals surface area contributed by atoms with Gasteiger partial charge in [0, 0.05) is 41.3 Å². The maximum absolute atomic E-state index is 12.7. The number of carbonyl (C=O) groups is 1. The summed E-state index contributed by atoms with van der Waals surface area (Å²) in [5, 5.41) is 3.10. The molecule has 1 aliphatic heterocycles. The molecule has 5 nitrogen and oxygen atoms in total.